The molecular formula is C21H14F3N3O3S. The first-order valence-electron chi connectivity index (χ1n) is 8.90. The van der Waals surface area contributed by atoms with Crippen molar-refractivity contribution in [2.24, 2.45) is 0 Å². The molecule has 0 aliphatic heterocycles. The van der Waals surface area contributed by atoms with Crippen LogP contribution < -0.4 is 14.8 Å². The summed E-state index contributed by atoms with van der Waals surface area (Å²) in [5.74, 6) is -0.613. The maximum Gasteiger partial charge on any atom is 0.573 e. The molecule has 4 aromatic rings. The standard InChI is InChI=1S/C21H14F3N3O3S/c1-29-19-16-17(15(11-25-19)12-5-3-2-4-6-12)31-20(26-16)27-18(28)13-7-9-14(10-8-13)30-21(22,23)24/h2-11H,1H3,(H,26,27,28). The summed E-state index contributed by atoms with van der Waals surface area (Å²) in [6, 6.07) is 14.2. The lowest BCUT2D eigenvalue weighted by Crippen LogP contribution is -2.17. The predicted molar refractivity (Wildman–Crippen MR) is 110 cm³/mol. The van der Waals surface area contributed by atoms with Crippen LogP contribution in [0.4, 0.5) is 18.3 Å². The maximum absolute atomic E-state index is 12.5. The van der Waals surface area contributed by atoms with Crippen molar-refractivity contribution in [1.82, 2.24) is 9.97 Å². The summed E-state index contributed by atoms with van der Waals surface area (Å²) in [7, 11) is 1.48. The number of carbonyl (C=O) groups is 1. The first kappa shape index (κ1) is 20.6. The molecule has 2 aromatic carbocycles. The second-order valence-corrected chi connectivity index (χ2v) is 7.27. The van der Waals surface area contributed by atoms with Gasteiger partial charge in [0, 0.05) is 17.3 Å². The highest BCUT2D eigenvalue weighted by Crippen LogP contribution is 2.38. The van der Waals surface area contributed by atoms with E-state index in [9.17, 15) is 18.0 Å². The first-order chi connectivity index (χ1) is 14.8. The highest BCUT2D eigenvalue weighted by atomic mass is 32.1. The number of hydrogen-bond acceptors (Lipinski definition) is 6. The topological polar surface area (TPSA) is 73.3 Å². The minimum absolute atomic E-state index is 0.155. The van der Waals surface area contributed by atoms with Crippen LogP contribution in [0.5, 0.6) is 11.6 Å². The van der Waals surface area contributed by atoms with E-state index in [1.165, 1.54) is 30.6 Å². The number of ether oxygens (including phenoxy) is 2. The molecule has 4 rings (SSSR count). The highest BCUT2D eigenvalue weighted by molar-refractivity contribution is 7.23. The van der Waals surface area contributed by atoms with Crippen molar-refractivity contribution >= 4 is 32.6 Å². The fourth-order valence-corrected chi connectivity index (χ4v) is 3.88. The van der Waals surface area contributed by atoms with Crippen molar-refractivity contribution in [3.63, 3.8) is 0 Å². The number of pyridine rings is 1. The van der Waals surface area contributed by atoms with E-state index >= 15 is 0 Å². The van der Waals surface area contributed by atoms with Crippen LogP contribution >= 0.6 is 11.3 Å². The van der Waals surface area contributed by atoms with Crippen LogP contribution in [0.1, 0.15) is 10.4 Å². The van der Waals surface area contributed by atoms with E-state index in [0.717, 1.165) is 28.0 Å². The van der Waals surface area contributed by atoms with Crippen molar-refractivity contribution in [1.29, 1.82) is 0 Å². The Morgan fingerprint density at radius 1 is 1.06 bits per heavy atom. The van der Waals surface area contributed by atoms with Crippen molar-refractivity contribution in [3.8, 4) is 22.8 Å². The van der Waals surface area contributed by atoms with E-state index < -0.39 is 18.0 Å². The quantitative estimate of drug-likeness (QED) is 0.438. The van der Waals surface area contributed by atoms with Crippen LogP contribution in [0.25, 0.3) is 21.3 Å². The average molecular weight is 445 g/mol. The Labute approximate surface area is 178 Å². The zero-order valence-corrected chi connectivity index (χ0v) is 16.8. The third-order valence-electron chi connectivity index (χ3n) is 4.23. The number of anilines is 1. The number of hydrogen-bond donors (Lipinski definition) is 1. The summed E-state index contributed by atoms with van der Waals surface area (Å²) in [5, 5.41) is 2.97. The maximum atomic E-state index is 12.5. The Balaban J connectivity index is 1.62. The monoisotopic (exact) mass is 445 g/mol. The molecule has 0 spiro atoms. The number of methoxy groups -OCH3 is 1. The highest BCUT2D eigenvalue weighted by Gasteiger charge is 2.31. The summed E-state index contributed by atoms with van der Waals surface area (Å²) in [6.45, 7) is 0. The van der Waals surface area contributed by atoms with Gasteiger partial charge < -0.3 is 9.47 Å². The number of rotatable bonds is 5. The van der Waals surface area contributed by atoms with Gasteiger partial charge in [-0.15, -0.1) is 13.2 Å². The number of thiazole rings is 1. The van der Waals surface area contributed by atoms with Gasteiger partial charge in [0.1, 0.15) is 11.3 Å². The van der Waals surface area contributed by atoms with Crippen molar-refractivity contribution in [3.05, 3.63) is 66.4 Å². The molecule has 10 heteroatoms. The van der Waals surface area contributed by atoms with E-state index in [4.69, 9.17) is 4.74 Å². The second kappa shape index (κ2) is 8.23. The molecule has 0 aliphatic rings. The number of aromatic nitrogens is 2. The van der Waals surface area contributed by atoms with E-state index in [1.54, 1.807) is 6.20 Å². The van der Waals surface area contributed by atoms with Crippen molar-refractivity contribution in [2.45, 2.75) is 6.36 Å². The lowest BCUT2D eigenvalue weighted by Gasteiger charge is -2.09. The molecular weight excluding hydrogens is 431 g/mol. The Morgan fingerprint density at radius 2 is 1.77 bits per heavy atom. The van der Waals surface area contributed by atoms with E-state index in [0.29, 0.717) is 16.5 Å². The lowest BCUT2D eigenvalue weighted by atomic mass is 10.1. The normalized spacial score (nSPS) is 11.4. The van der Waals surface area contributed by atoms with Crippen molar-refractivity contribution in [2.75, 3.05) is 12.4 Å². The third kappa shape index (κ3) is 4.58. The van der Waals surface area contributed by atoms with Gasteiger partial charge in [0.05, 0.1) is 11.8 Å². The number of halogens is 3. The van der Waals surface area contributed by atoms with Gasteiger partial charge in [-0.3, -0.25) is 10.1 Å². The Hall–Kier alpha value is -3.66. The number of alkyl halides is 3. The van der Waals surface area contributed by atoms with Gasteiger partial charge in [0.15, 0.2) is 5.13 Å². The molecule has 0 bridgehead atoms. The molecule has 31 heavy (non-hydrogen) atoms. The van der Waals surface area contributed by atoms with Crippen LogP contribution in [0.15, 0.2) is 60.8 Å². The number of amides is 1. The molecule has 0 unspecified atom stereocenters. The fraction of sp³-hybridized carbons (Fsp3) is 0.0952. The fourth-order valence-electron chi connectivity index (χ4n) is 2.89. The molecule has 0 aliphatic carbocycles. The SMILES string of the molecule is COc1ncc(-c2ccccc2)c2sc(NC(=O)c3ccc(OC(F)(F)F)cc3)nc12. The second-order valence-electron chi connectivity index (χ2n) is 6.27. The van der Waals surface area contributed by atoms with Crippen molar-refractivity contribution < 1.29 is 27.4 Å². The van der Waals surface area contributed by atoms with Crippen LogP contribution in [0.2, 0.25) is 0 Å². The smallest absolute Gasteiger partial charge is 0.479 e. The molecule has 0 atom stereocenters. The predicted octanol–water partition coefficient (Wildman–Crippen LogP) is 5.52. The third-order valence-corrected chi connectivity index (χ3v) is 5.24. The number of nitrogens with one attached hydrogen (secondary N) is 1. The van der Waals surface area contributed by atoms with Gasteiger partial charge >= 0.3 is 6.36 Å². The summed E-state index contributed by atoms with van der Waals surface area (Å²) >= 11 is 1.25. The molecule has 0 radical (unpaired) electrons. The Bertz CT molecular complexity index is 1230. The van der Waals surface area contributed by atoms with E-state index in [1.807, 2.05) is 30.3 Å². The van der Waals surface area contributed by atoms with Gasteiger partial charge in [-0.25, -0.2) is 9.97 Å². The van der Waals surface area contributed by atoms with Gasteiger partial charge in [-0.1, -0.05) is 41.7 Å². The van der Waals surface area contributed by atoms with Crippen LogP contribution in [-0.4, -0.2) is 29.3 Å². The van der Waals surface area contributed by atoms with Crippen LogP contribution in [0.3, 0.4) is 0 Å². The Kier molecular flexibility index (Phi) is 5.47. The van der Waals surface area contributed by atoms with Gasteiger partial charge in [-0.05, 0) is 29.8 Å². The molecule has 2 heterocycles. The molecule has 6 nitrogen and oxygen atoms in total. The largest absolute Gasteiger partial charge is 0.573 e. The van der Waals surface area contributed by atoms with Crippen LogP contribution in [0, 0.1) is 0 Å². The molecule has 0 fully saturated rings. The number of benzene rings is 2. The van der Waals surface area contributed by atoms with Gasteiger partial charge in [0.2, 0.25) is 5.88 Å². The van der Waals surface area contributed by atoms with E-state index in [-0.39, 0.29) is 5.56 Å². The molecule has 1 amide bonds. The summed E-state index contributed by atoms with van der Waals surface area (Å²) in [6.07, 6.45) is -3.12. The minimum atomic E-state index is -4.80. The minimum Gasteiger partial charge on any atom is -0.479 e. The van der Waals surface area contributed by atoms with Gasteiger partial charge in [-0.2, -0.15) is 0 Å². The first-order valence-corrected chi connectivity index (χ1v) is 9.72. The zero-order chi connectivity index (χ0) is 22.0. The van der Waals surface area contributed by atoms with Gasteiger partial charge in [0.25, 0.3) is 5.91 Å². The molecule has 0 saturated heterocycles. The number of fused-ring (bicyclic) bond motifs is 1. The summed E-state index contributed by atoms with van der Waals surface area (Å²) in [4.78, 5) is 21.3. The summed E-state index contributed by atoms with van der Waals surface area (Å²) < 4.78 is 46.7. The zero-order valence-electron chi connectivity index (χ0n) is 15.9. The number of nitrogens with zero attached hydrogens (tertiary/aromatic N) is 2. The number of carbonyl (C=O) groups excluding carboxylic acids is 1. The molecule has 2 aromatic heterocycles. The summed E-state index contributed by atoms with van der Waals surface area (Å²) in [5.41, 5.74) is 2.42. The lowest BCUT2D eigenvalue weighted by molar-refractivity contribution is -0.274. The van der Waals surface area contributed by atoms with E-state index in [2.05, 4.69) is 20.0 Å². The Morgan fingerprint density at radius 3 is 2.42 bits per heavy atom. The molecule has 0 saturated carbocycles. The average Bonchev–Trinajstić information content (AvgIpc) is 3.16. The molecule has 158 valence electrons. The molecule has 1 N–H and O–H groups in total. The van der Waals surface area contributed by atoms with Crippen LogP contribution in [-0.2, 0) is 0 Å².